The van der Waals surface area contributed by atoms with Crippen LogP contribution in [0.2, 0.25) is 0 Å². The molecule has 0 N–H and O–H groups in total. The van der Waals surface area contributed by atoms with Crippen LogP contribution in [0, 0.1) is 0 Å². The maximum atomic E-state index is 12.6. The van der Waals surface area contributed by atoms with E-state index in [9.17, 15) is 22.4 Å². The average Bonchev–Trinajstić information content (AvgIpc) is 2.35. The lowest BCUT2D eigenvalue weighted by Crippen LogP contribution is -2.33. The molecule has 2 nitrogen and oxygen atoms in total. The van der Waals surface area contributed by atoms with Crippen molar-refractivity contribution >= 4 is 5.78 Å². The van der Waals surface area contributed by atoms with Crippen LogP contribution in [0.25, 0.3) is 0 Å². The highest BCUT2D eigenvalue weighted by atomic mass is 19.3. The van der Waals surface area contributed by atoms with E-state index >= 15 is 0 Å². The number of carbonyl (C=O) groups is 1. The third kappa shape index (κ3) is 5.28. The molecule has 0 amide bonds. The minimum Gasteiger partial charge on any atom is -0.487 e. The van der Waals surface area contributed by atoms with Crippen LogP contribution < -0.4 is 4.74 Å². The van der Waals surface area contributed by atoms with Crippen molar-refractivity contribution in [2.45, 2.75) is 32.1 Å². The van der Waals surface area contributed by atoms with Gasteiger partial charge in [0.2, 0.25) is 0 Å². The third-order valence-electron chi connectivity index (χ3n) is 2.44. The number of aryl methyl sites for hydroxylation is 1. The van der Waals surface area contributed by atoms with E-state index < -0.39 is 19.0 Å². The topological polar surface area (TPSA) is 26.3 Å². The molecule has 106 valence electrons. The molecule has 0 aliphatic carbocycles. The SMILES string of the molecule is CC(=O)CCc1ccc(OCC(F)(F)C(F)F)cc1. The molecule has 0 radical (unpaired) electrons. The monoisotopic (exact) mass is 278 g/mol. The van der Waals surface area contributed by atoms with E-state index in [-0.39, 0.29) is 11.5 Å². The molecule has 0 heterocycles. The first-order valence-corrected chi connectivity index (χ1v) is 5.68. The first-order valence-electron chi connectivity index (χ1n) is 5.68. The van der Waals surface area contributed by atoms with Crippen LogP contribution in [-0.4, -0.2) is 24.7 Å². The van der Waals surface area contributed by atoms with Crippen molar-refractivity contribution in [2.24, 2.45) is 0 Å². The molecule has 19 heavy (non-hydrogen) atoms. The molecule has 1 aromatic rings. The van der Waals surface area contributed by atoms with Gasteiger partial charge in [-0.15, -0.1) is 0 Å². The average molecular weight is 278 g/mol. The minimum atomic E-state index is -4.16. The van der Waals surface area contributed by atoms with Crippen LogP contribution in [0.4, 0.5) is 17.6 Å². The van der Waals surface area contributed by atoms with Gasteiger partial charge in [-0.2, -0.15) is 8.78 Å². The number of halogens is 4. The normalized spacial score (nSPS) is 11.7. The number of carbonyl (C=O) groups excluding carboxylic acids is 1. The van der Waals surface area contributed by atoms with Gasteiger partial charge in [0.15, 0.2) is 6.61 Å². The second-order valence-electron chi connectivity index (χ2n) is 4.20. The number of hydrogen-bond acceptors (Lipinski definition) is 2. The van der Waals surface area contributed by atoms with Crippen molar-refractivity contribution in [1.82, 2.24) is 0 Å². The van der Waals surface area contributed by atoms with Crippen molar-refractivity contribution in [1.29, 1.82) is 0 Å². The van der Waals surface area contributed by atoms with Gasteiger partial charge in [0, 0.05) is 6.42 Å². The minimum absolute atomic E-state index is 0.0527. The van der Waals surface area contributed by atoms with E-state index in [0.717, 1.165) is 5.56 Å². The molecule has 0 saturated carbocycles. The molecule has 6 heteroatoms. The molecule has 0 saturated heterocycles. The molecule has 1 rings (SSSR count). The van der Waals surface area contributed by atoms with Gasteiger partial charge in [-0.25, -0.2) is 8.78 Å². The molecular formula is C13H14F4O2. The summed E-state index contributed by atoms with van der Waals surface area (Å²) in [5.41, 5.74) is 0.850. The van der Waals surface area contributed by atoms with Crippen molar-refractivity contribution in [3.05, 3.63) is 29.8 Å². The first kappa shape index (κ1) is 15.5. The number of ether oxygens (including phenoxy) is 1. The largest absolute Gasteiger partial charge is 0.487 e. The lowest BCUT2D eigenvalue weighted by molar-refractivity contribution is -0.148. The molecule has 0 spiro atoms. The number of ketones is 1. The summed E-state index contributed by atoms with van der Waals surface area (Å²) in [7, 11) is 0. The zero-order valence-corrected chi connectivity index (χ0v) is 10.3. The summed E-state index contributed by atoms with van der Waals surface area (Å²) in [6, 6.07) is 6.05. The van der Waals surface area contributed by atoms with Gasteiger partial charge in [-0.1, -0.05) is 12.1 Å². The Hall–Kier alpha value is -1.59. The summed E-state index contributed by atoms with van der Waals surface area (Å²) in [5, 5.41) is 0. The van der Waals surface area contributed by atoms with Gasteiger partial charge in [-0.05, 0) is 31.0 Å². The molecule has 0 bridgehead atoms. The van der Waals surface area contributed by atoms with Gasteiger partial charge in [-0.3, -0.25) is 0 Å². The molecule has 0 unspecified atom stereocenters. The Balaban J connectivity index is 2.51. The van der Waals surface area contributed by atoms with E-state index in [2.05, 4.69) is 4.74 Å². The van der Waals surface area contributed by atoms with Gasteiger partial charge in [0.1, 0.15) is 11.5 Å². The highest BCUT2D eigenvalue weighted by molar-refractivity contribution is 5.75. The fourth-order valence-electron chi connectivity index (χ4n) is 1.32. The standard InChI is InChI=1S/C13H14F4O2/c1-9(18)2-3-10-4-6-11(7-5-10)19-8-13(16,17)12(14)15/h4-7,12H,2-3,8H2,1H3. The zero-order chi connectivity index (χ0) is 14.5. The van der Waals surface area contributed by atoms with Crippen LogP contribution in [0.15, 0.2) is 24.3 Å². The molecule has 0 aliphatic heterocycles. The lowest BCUT2D eigenvalue weighted by Gasteiger charge is -2.16. The molecular weight excluding hydrogens is 264 g/mol. The van der Waals surface area contributed by atoms with Gasteiger partial charge in [0.25, 0.3) is 0 Å². The fraction of sp³-hybridized carbons (Fsp3) is 0.462. The highest BCUT2D eigenvalue weighted by Gasteiger charge is 2.41. The summed E-state index contributed by atoms with van der Waals surface area (Å²) in [6.07, 6.45) is -2.81. The van der Waals surface area contributed by atoms with Gasteiger partial charge >= 0.3 is 12.3 Å². The Morgan fingerprint density at radius 3 is 2.32 bits per heavy atom. The van der Waals surface area contributed by atoms with E-state index in [4.69, 9.17) is 0 Å². The predicted octanol–water partition coefficient (Wildman–Crippen LogP) is 3.49. The van der Waals surface area contributed by atoms with Gasteiger partial charge < -0.3 is 9.53 Å². The molecule has 0 fully saturated rings. The predicted molar refractivity (Wildman–Crippen MR) is 61.9 cm³/mol. The third-order valence-corrected chi connectivity index (χ3v) is 2.44. The van der Waals surface area contributed by atoms with Gasteiger partial charge in [0.05, 0.1) is 0 Å². The zero-order valence-electron chi connectivity index (χ0n) is 10.3. The Morgan fingerprint density at radius 2 is 1.84 bits per heavy atom. The summed E-state index contributed by atoms with van der Waals surface area (Å²) in [6.45, 7) is 0.112. The Labute approximate surface area is 108 Å². The fourth-order valence-corrected chi connectivity index (χ4v) is 1.32. The van der Waals surface area contributed by atoms with Crippen LogP contribution >= 0.6 is 0 Å². The Kier molecular flexibility index (Phi) is 5.32. The highest BCUT2D eigenvalue weighted by Crippen LogP contribution is 2.24. The molecule has 0 atom stereocenters. The Bertz CT molecular complexity index is 415. The van der Waals surface area contributed by atoms with Crippen LogP contribution in [0.1, 0.15) is 18.9 Å². The summed E-state index contributed by atoms with van der Waals surface area (Å²) >= 11 is 0. The van der Waals surface area contributed by atoms with Crippen LogP contribution in [0.3, 0.4) is 0 Å². The quantitative estimate of drug-likeness (QED) is 0.714. The molecule has 0 aliphatic rings. The second kappa shape index (κ2) is 6.54. The lowest BCUT2D eigenvalue weighted by atomic mass is 10.1. The summed E-state index contributed by atoms with van der Waals surface area (Å²) in [4.78, 5) is 10.8. The second-order valence-corrected chi connectivity index (χ2v) is 4.20. The molecule has 1 aromatic carbocycles. The number of Topliss-reactive ketones (excluding diaryl/α,β-unsaturated/α-hetero) is 1. The first-order chi connectivity index (χ1) is 8.81. The summed E-state index contributed by atoms with van der Waals surface area (Å²) in [5.74, 6) is -4.02. The number of hydrogen-bond donors (Lipinski definition) is 0. The molecule has 0 aromatic heterocycles. The number of benzene rings is 1. The van der Waals surface area contributed by atoms with Crippen molar-refractivity contribution < 1.29 is 27.1 Å². The van der Waals surface area contributed by atoms with Crippen molar-refractivity contribution in [3.63, 3.8) is 0 Å². The van der Waals surface area contributed by atoms with E-state index in [0.29, 0.717) is 12.8 Å². The van der Waals surface area contributed by atoms with E-state index in [1.54, 1.807) is 12.1 Å². The summed E-state index contributed by atoms with van der Waals surface area (Å²) < 4.78 is 53.6. The van der Waals surface area contributed by atoms with Crippen molar-refractivity contribution in [3.8, 4) is 5.75 Å². The number of alkyl halides is 4. The van der Waals surface area contributed by atoms with E-state index in [1.165, 1.54) is 19.1 Å². The smallest absolute Gasteiger partial charge is 0.340 e. The van der Waals surface area contributed by atoms with Crippen molar-refractivity contribution in [2.75, 3.05) is 6.61 Å². The maximum absolute atomic E-state index is 12.6. The maximum Gasteiger partial charge on any atom is 0.340 e. The van der Waals surface area contributed by atoms with E-state index in [1.807, 2.05) is 0 Å². The van der Waals surface area contributed by atoms with Crippen LogP contribution in [0.5, 0.6) is 5.75 Å². The number of rotatable bonds is 7. The van der Waals surface area contributed by atoms with Crippen LogP contribution in [-0.2, 0) is 11.2 Å². The Morgan fingerprint density at radius 1 is 1.26 bits per heavy atom.